The Hall–Kier alpha value is -2.72. The smallest absolute Gasteiger partial charge is 0.155 e. The molecule has 1 aromatic carbocycles. The van der Waals surface area contributed by atoms with Gasteiger partial charge in [0.05, 0.1) is 6.04 Å². The number of allylic oxidation sites excluding steroid dienone is 3. The lowest BCUT2D eigenvalue weighted by atomic mass is 9.97. The van der Waals surface area contributed by atoms with Crippen LogP contribution in [-0.2, 0) is 15.9 Å². The van der Waals surface area contributed by atoms with Gasteiger partial charge < -0.3 is 19.8 Å². The zero-order valence-corrected chi connectivity index (χ0v) is 16.2. The van der Waals surface area contributed by atoms with Crippen molar-refractivity contribution in [3.05, 3.63) is 84.4 Å². The summed E-state index contributed by atoms with van der Waals surface area (Å²) >= 11 is 0. The van der Waals surface area contributed by atoms with Crippen LogP contribution in [0.25, 0.3) is 10.9 Å². The highest BCUT2D eigenvalue weighted by Crippen LogP contribution is 2.23. The zero-order valence-electron chi connectivity index (χ0n) is 16.2. The number of hydrogen-bond donors (Lipinski definition) is 2. The molecule has 1 unspecified atom stereocenters. The fraction of sp³-hybridized carbons (Fsp3) is 0.333. The highest BCUT2D eigenvalue weighted by Gasteiger charge is 2.19. The lowest BCUT2D eigenvalue weighted by Crippen LogP contribution is -2.33. The molecule has 1 atom stereocenters. The molecule has 0 amide bonds. The van der Waals surface area contributed by atoms with E-state index in [1.54, 1.807) is 18.8 Å². The van der Waals surface area contributed by atoms with Gasteiger partial charge in [0.1, 0.15) is 18.8 Å². The lowest BCUT2D eigenvalue weighted by molar-refractivity contribution is 0.225. The van der Waals surface area contributed by atoms with E-state index in [2.05, 4.69) is 59.0 Å². The summed E-state index contributed by atoms with van der Waals surface area (Å²) in [5.74, 6) is 0.856. The number of nitrogens with one attached hydrogen (secondary N) is 2. The number of para-hydroxylation sites is 1. The number of hydrogen-bond acceptors (Lipinski definition) is 3. The minimum Gasteiger partial charge on any atom is -0.466 e. The van der Waals surface area contributed by atoms with Gasteiger partial charge in [-0.1, -0.05) is 42.0 Å². The molecule has 0 fully saturated rings. The first-order valence-electron chi connectivity index (χ1n) is 10.2. The lowest BCUT2D eigenvalue weighted by Gasteiger charge is -2.23. The van der Waals surface area contributed by atoms with Crippen LogP contribution in [0.15, 0.2) is 78.8 Å². The first-order chi connectivity index (χ1) is 13.9. The fourth-order valence-corrected chi connectivity index (χ4v) is 3.85. The molecule has 2 N–H and O–H groups in total. The number of aromatic amines is 1. The van der Waals surface area contributed by atoms with Crippen molar-refractivity contribution >= 4 is 10.9 Å². The maximum absolute atomic E-state index is 5.69. The summed E-state index contributed by atoms with van der Waals surface area (Å²) in [5.41, 5.74) is 4.08. The minimum atomic E-state index is 0.149. The molecule has 0 bridgehead atoms. The van der Waals surface area contributed by atoms with Crippen LogP contribution in [0.2, 0.25) is 0 Å². The topological polar surface area (TPSA) is 46.3 Å². The largest absolute Gasteiger partial charge is 0.466 e. The van der Waals surface area contributed by atoms with E-state index in [0.717, 1.165) is 50.8 Å². The summed E-state index contributed by atoms with van der Waals surface area (Å²) in [7, 11) is 0. The van der Waals surface area contributed by atoms with Crippen LogP contribution in [0.1, 0.15) is 37.7 Å². The van der Waals surface area contributed by atoms with Gasteiger partial charge in [0.2, 0.25) is 0 Å². The Morgan fingerprint density at radius 1 is 1.14 bits per heavy atom. The van der Waals surface area contributed by atoms with Crippen LogP contribution in [0.5, 0.6) is 0 Å². The molecule has 4 heteroatoms. The monoisotopic (exact) mass is 376 g/mol. The number of fused-ring (bicyclic) bond motifs is 1. The Kier molecular flexibility index (Phi) is 6.30. The molecule has 0 radical (unpaired) electrons. The van der Waals surface area contributed by atoms with E-state index in [0.29, 0.717) is 0 Å². The van der Waals surface area contributed by atoms with Crippen molar-refractivity contribution in [1.29, 1.82) is 0 Å². The summed E-state index contributed by atoms with van der Waals surface area (Å²) in [5, 5.41) is 5.02. The summed E-state index contributed by atoms with van der Waals surface area (Å²) in [6.07, 6.45) is 20.2. The molecular weight excluding hydrogens is 348 g/mol. The first-order valence-corrected chi connectivity index (χ1v) is 10.2. The molecule has 2 heterocycles. The van der Waals surface area contributed by atoms with Crippen LogP contribution >= 0.6 is 0 Å². The number of ether oxygens (including phenoxy) is 2. The Balaban J connectivity index is 1.28. The third kappa shape index (κ3) is 4.76. The summed E-state index contributed by atoms with van der Waals surface area (Å²) in [6.45, 7) is 0.959. The third-order valence-electron chi connectivity index (χ3n) is 5.37. The molecular formula is C24H28N2O2. The van der Waals surface area contributed by atoms with Crippen molar-refractivity contribution in [1.82, 2.24) is 10.3 Å². The molecule has 0 saturated heterocycles. The van der Waals surface area contributed by atoms with Gasteiger partial charge in [-0.05, 0) is 56.7 Å². The third-order valence-corrected chi connectivity index (χ3v) is 5.37. The second-order valence-electron chi connectivity index (χ2n) is 7.37. The number of benzene rings is 1. The van der Waals surface area contributed by atoms with Crippen LogP contribution < -0.4 is 5.32 Å². The quantitative estimate of drug-likeness (QED) is 0.570. The molecule has 1 aliphatic carbocycles. The van der Waals surface area contributed by atoms with E-state index in [9.17, 15) is 0 Å². The van der Waals surface area contributed by atoms with E-state index in [4.69, 9.17) is 9.47 Å². The van der Waals surface area contributed by atoms with E-state index >= 15 is 0 Å². The molecule has 1 aromatic heterocycles. The maximum atomic E-state index is 5.69. The molecule has 0 saturated carbocycles. The van der Waals surface area contributed by atoms with E-state index in [1.807, 2.05) is 0 Å². The molecule has 2 aliphatic rings. The average molecular weight is 377 g/mol. The number of unbranched alkanes of at least 4 members (excludes halogenated alkanes) is 1. The van der Waals surface area contributed by atoms with Gasteiger partial charge in [-0.15, -0.1) is 0 Å². The predicted octanol–water partition coefficient (Wildman–Crippen LogP) is 5.47. The van der Waals surface area contributed by atoms with Gasteiger partial charge in [-0.2, -0.15) is 0 Å². The van der Waals surface area contributed by atoms with Crippen molar-refractivity contribution in [2.75, 3.05) is 6.54 Å². The fourth-order valence-electron chi connectivity index (χ4n) is 3.85. The second-order valence-corrected chi connectivity index (χ2v) is 7.37. The summed E-state index contributed by atoms with van der Waals surface area (Å²) in [4.78, 5) is 3.36. The Morgan fingerprint density at radius 2 is 2.11 bits per heavy atom. The van der Waals surface area contributed by atoms with Gasteiger partial charge in [-0.3, -0.25) is 0 Å². The molecule has 28 heavy (non-hydrogen) atoms. The van der Waals surface area contributed by atoms with Gasteiger partial charge in [0.25, 0.3) is 0 Å². The van der Waals surface area contributed by atoms with Crippen LogP contribution in [0, 0.1) is 0 Å². The molecule has 0 spiro atoms. The van der Waals surface area contributed by atoms with E-state index < -0.39 is 0 Å². The molecule has 4 rings (SSSR count). The summed E-state index contributed by atoms with van der Waals surface area (Å²) in [6, 6.07) is 8.66. The molecule has 4 nitrogen and oxygen atoms in total. The Morgan fingerprint density at radius 3 is 2.96 bits per heavy atom. The van der Waals surface area contributed by atoms with Crippen LogP contribution in [-0.4, -0.2) is 17.6 Å². The van der Waals surface area contributed by atoms with E-state index in [1.165, 1.54) is 22.0 Å². The maximum Gasteiger partial charge on any atom is 0.155 e. The van der Waals surface area contributed by atoms with Gasteiger partial charge in [-0.25, -0.2) is 0 Å². The first kappa shape index (κ1) is 18.6. The van der Waals surface area contributed by atoms with Crippen molar-refractivity contribution in [3.63, 3.8) is 0 Å². The predicted molar refractivity (Wildman–Crippen MR) is 113 cm³/mol. The standard InChI is InChI=1S/C24H28N2O2/c1-2-8-19(9-3-1)16-23(24-18-27-14-15-28-24)25-13-7-6-10-20-17-26-22-12-5-4-11-21(20)22/h1-2,4-5,8,11-12,14-15,17-18,23,25-26H,3,6-7,9-10,13,16H2. The van der Waals surface area contributed by atoms with Gasteiger partial charge in [0.15, 0.2) is 5.76 Å². The SMILES string of the molecule is C1=CCCC(CC(NCCCCc2c[nH]c3ccccc23)C2=COC=CO2)=C1. The van der Waals surface area contributed by atoms with E-state index in [-0.39, 0.29) is 6.04 Å². The summed E-state index contributed by atoms with van der Waals surface area (Å²) < 4.78 is 11.0. The number of H-pyrrole nitrogens is 1. The highest BCUT2D eigenvalue weighted by atomic mass is 16.5. The zero-order chi connectivity index (χ0) is 19.0. The number of aryl methyl sites for hydroxylation is 1. The highest BCUT2D eigenvalue weighted by molar-refractivity contribution is 5.82. The van der Waals surface area contributed by atoms with Crippen molar-refractivity contribution < 1.29 is 9.47 Å². The molecule has 146 valence electrons. The van der Waals surface area contributed by atoms with Crippen molar-refractivity contribution in [2.24, 2.45) is 0 Å². The molecule has 2 aromatic rings. The van der Waals surface area contributed by atoms with Gasteiger partial charge >= 0.3 is 0 Å². The average Bonchev–Trinajstić information content (AvgIpc) is 3.17. The molecule has 1 aliphatic heterocycles. The Labute approximate surface area is 166 Å². The second kappa shape index (κ2) is 9.47. The van der Waals surface area contributed by atoms with Crippen LogP contribution in [0.3, 0.4) is 0 Å². The number of aromatic nitrogens is 1. The van der Waals surface area contributed by atoms with Crippen molar-refractivity contribution in [3.8, 4) is 0 Å². The van der Waals surface area contributed by atoms with Crippen molar-refractivity contribution in [2.45, 2.75) is 44.6 Å². The van der Waals surface area contributed by atoms with Crippen LogP contribution in [0.4, 0.5) is 0 Å². The normalized spacial score (nSPS) is 17.0. The minimum absolute atomic E-state index is 0.149. The van der Waals surface area contributed by atoms with Gasteiger partial charge in [0, 0.05) is 17.1 Å². The number of rotatable bonds is 9. The Bertz CT molecular complexity index is 904.